The summed E-state index contributed by atoms with van der Waals surface area (Å²) in [4.78, 5) is 0. The first kappa shape index (κ1) is 12.5. The third-order valence-corrected chi connectivity index (χ3v) is 5.31. The van der Waals surface area contributed by atoms with Gasteiger partial charge in [-0.1, -0.05) is 26.0 Å². The first-order valence-electron chi connectivity index (χ1n) is 6.62. The largest absolute Gasteiger partial charge is 0.313 e. The maximum absolute atomic E-state index is 3.79. The second-order valence-corrected chi connectivity index (χ2v) is 7.17. The van der Waals surface area contributed by atoms with Crippen molar-refractivity contribution in [2.75, 3.05) is 18.1 Å². The van der Waals surface area contributed by atoms with Gasteiger partial charge in [0.1, 0.15) is 0 Å². The number of allylic oxidation sites excluding steroid dienone is 2. The molecule has 0 aromatic carbocycles. The normalized spacial score (nSPS) is 33.9. The van der Waals surface area contributed by atoms with Crippen LogP contribution >= 0.6 is 11.8 Å². The van der Waals surface area contributed by atoms with E-state index in [1.54, 1.807) is 0 Å². The van der Waals surface area contributed by atoms with Crippen molar-refractivity contribution >= 4 is 11.8 Å². The fourth-order valence-corrected chi connectivity index (χ4v) is 4.08. The molecule has 1 aliphatic carbocycles. The number of nitrogens with one attached hydrogen (secondary N) is 1. The van der Waals surface area contributed by atoms with E-state index >= 15 is 0 Å². The monoisotopic (exact) mass is 239 g/mol. The van der Waals surface area contributed by atoms with Gasteiger partial charge in [0.15, 0.2) is 0 Å². The average molecular weight is 239 g/mol. The van der Waals surface area contributed by atoms with Gasteiger partial charge in [0, 0.05) is 11.8 Å². The lowest BCUT2D eigenvalue weighted by molar-refractivity contribution is 0.303. The van der Waals surface area contributed by atoms with E-state index in [4.69, 9.17) is 0 Å². The van der Waals surface area contributed by atoms with Gasteiger partial charge in [-0.2, -0.15) is 11.8 Å². The molecule has 2 aliphatic rings. The summed E-state index contributed by atoms with van der Waals surface area (Å²) in [6.07, 6.45) is 9.99. The molecule has 2 heteroatoms. The highest BCUT2D eigenvalue weighted by Crippen LogP contribution is 2.33. The van der Waals surface area contributed by atoms with Gasteiger partial charge in [-0.15, -0.1) is 0 Å². The van der Waals surface area contributed by atoms with Crippen LogP contribution in [0.15, 0.2) is 12.2 Å². The van der Waals surface area contributed by atoms with Crippen LogP contribution in [-0.2, 0) is 0 Å². The van der Waals surface area contributed by atoms with E-state index in [0.29, 0.717) is 5.41 Å². The maximum Gasteiger partial charge on any atom is 0.0163 e. The summed E-state index contributed by atoms with van der Waals surface area (Å²) in [7, 11) is 0. The van der Waals surface area contributed by atoms with E-state index in [1.807, 2.05) is 0 Å². The van der Waals surface area contributed by atoms with Crippen molar-refractivity contribution < 1.29 is 0 Å². The van der Waals surface area contributed by atoms with E-state index in [1.165, 1.54) is 43.7 Å². The molecule has 0 amide bonds. The third-order valence-electron chi connectivity index (χ3n) is 3.68. The molecule has 1 N–H and O–H groups in total. The van der Waals surface area contributed by atoms with E-state index in [-0.39, 0.29) is 0 Å². The predicted octanol–water partition coefficient (Wildman–Crippen LogP) is 3.46. The Kier molecular flexibility index (Phi) is 4.37. The van der Waals surface area contributed by atoms with Crippen molar-refractivity contribution in [3.63, 3.8) is 0 Å². The van der Waals surface area contributed by atoms with Crippen molar-refractivity contribution in [1.82, 2.24) is 5.32 Å². The predicted molar refractivity (Wildman–Crippen MR) is 74.0 cm³/mol. The zero-order valence-corrected chi connectivity index (χ0v) is 11.5. The molecule has 1 heterocycles. The van der Waals surface area contributed by atoms with E-state index in [9.17, 15) is 0 Å². The summed E-state index contributed by atoms with van der Waals surface area (Å²) >= 11 is 2.12. The van der Waals surface area contributed by atoms with Gasteiger partial charge < -0.3 is 5.32 Å². The Bertz CT molecular complexity index is 247. The molecule has 0 saturated carbocycles. The highest BCUT2D eigenvalue weighted by Gasteiger charge is 2.28. The minimum absolute atomic E-state index is 0.535. The quantitative estimate of drug-likeness (QED) is 0.757. The van der Waals surface area contributed by atoms with Crippen molar-refractivity contribution in [2.24, 2.45) is 11.3 Å². The van der Waals surface area contributed by atoms with Crippen LogP contribution in [0.4, 0.5) is 0 Å². The summed E-state index contributed by atoms with van der Waals surface area (Å²) in [5, 5.41) is 3.79. The Morgan fingerprint density at radius 1 is 1.38 bits per heavy atom. The van der Waals surface area contributed by atoms with Crippen LogP contribution < -0.4 is 5.32 Å². The van der Waals surface area contributed by atoms with Crippen molar-refractivity contribution in [3.8, 4) is 0 Å². The minimum atomic E-state index is 0.535. The smallest absolute Gasteiger partial charge is 0.0163 e. The summed E-state index contributed by atoms with van der Waals surface area (Å²) in [5.74, 6) is 3.53. The fourth-order valence-electron chi connectivity index (χ4n) is 2.77. The molecular weight excluding hydrogens is 214 g/mol. The standard InChI is InChI=1S/C14H25NS/c1-14(2)8-13(10-16-11-14)15-9-12-6-4-3-5-7-12/h3-4,12-13,15H,5-11H2,1-2H3. The van der Waals surface area contributed by atoms with E-state index in [2.05, 4.69) is 43.1 Å². The van der Waals surface area contributed by atoms with Gasteiger partial charge in [-0.05, 0) is 49.3 Å². The fraction of sp³-hybridized carbons (Fsp3) is 0.857. The number of thioether (sulfide) groups is 1. The molecule has 0 aromatic rings. The lowest BCUT2D eigenvalue weighted by atomic mass is 9.87. The number of hydrogen-bond donors (Lipinski definition) is 1. The van der Waals surface area contributed by atoms with Crippen LogP contribution in [0.2, 0.25) is 0 Å². The molecule has 1 aliphatic heterocycles. The summed E-state index contributed by atoms with van der Waals surface area (Å²) in [6.45, 7) is 6.03. The Morgan fingerprint density at radius 2 is 2.25 bits per heavy atom. The summed E-state index contributed by atoms with van der Waals surface area (Å²) in [6, 6.07) is 0.750. The van der Waals surface area contributed by atoms with Crippen molar-refractivity contribution in [2.45, 2.75) is 45.6 Å². The Morgan fingerprint density at radius 3 is 2.94 bits per heavy atom. The molecule has 2 unspecified atom stereocenters. The van der Waals surface area contributed by atoms with Gasteiger partial charge in [-0.3, -0.25) is 0 Å². The zero-order valence-electron chi connectivity index (χ0n) is 10.7. The first-order chi connectivity index (χ1) is 7.66. The van der Waals surface area contributed by atoms with Gasteiger partial charge >= 0.3 is 0 Å². The molecule has 0 aromatic heterocycles. The Labute approximate surface area is 104 Å². The van der Waals surface area contributed by atoms with E-state index in [0.717, 1.165) is 12.0 Å². The zero-order chi connectivity index (χ0) is 11.4. The van der Waals surface area contributed by atoms with Crippen molar-refractivity contribution in [3.05, 3.63) is 12.2 Å². The van der Waals surface area contributed by atoms with Crippen LogP contribution in [0.5, 0.6) is 0 Å². The minimum Gasteiger partial charge on any atom is -0.313 e. The molecule has 0 bridgehead atoms. The van der Waals surface area contributed by atoms with E-state index < -0.39 is 0 Å². The van der Waals surface area contributed by atoms with Crippen LogP contribution in [0.25, 0.3) is 0 Å². The topological polar surface area (TPSA) is 12.0 Å². The maximum atomic E-state index is 3.79. The van der Waals surface area contributed by atoms with Gasteiger partial charge in [0.2, 0.25) is 0 Å². The molecule has 2 atom stereocenters. The number of hydrogen-bond acceptors (Lipinski definition) is 2. The molecular formula is C14H25NS. The second-order valence-electron chi connectivity index (χ2n) is 6.14. The van der Waals surface area contributed by atoms with Gasteiger partial charge in [-0.25, -0.2) is 0 Å². The van der Waals surface area contributed by atoms with Crippen LogP contribution in [-0.4, -0.2) is 24.1 Å². The molecule has 1 saturated heterocycles. The molecule has 92 valence electrons. The summed E-state index contributed by atoms with van der Waals surface area (Å²) < 4.78 is 0. The van der Waals surface area contributed by atoms with Crippen molar-refractivity contribution in [1.29, 1.82) is 0 Å². The first-order valence-corrected chi connectivity index (χ1v) is 7.77. The molecule has 2 rings (SSSR count). The SMILES string of the molecule is CC1(C)CSCC(NCC2CC=CCC2)C1. The second kappa shape index (κ2) is 5.59. The number of rotatable bonds is 3. The third kappa shape index (κ3) is 3.81. The lowest BCUT2D eigenvalue weighted by Crippen LogP contribution is -2.42. The molecule has 16 heavy (non-hydrogen) atoms. The highest BCUT2D eigenvalue weighted by atomic mass is 32.2. The van der Waals surface area contributed by atoms with Crippen LogP contribution in [0, 0.1) is 11.3 Å². The molecule has 1 nitrogen and oxygen atoms in total. The Balaban J connectivity index is 1.71. The van der Waals surface area contributed by atoms with Gasteiger partial charge in [0.25, 0.3) is 0 Å². The van der Waals surface area contributed by atoms with Crippen LogP contribution in [0.1, 0.15) is 39.5 Å². The lowest BCUT2D eigenvalue weighted by Gasteiger charge is -2.36. The molecule has 0 spiro atoms. The summed E-state index contributed by atoms with van der Waals surface area (Å²) in [5.41, 5.74) is 0.535. The van der Waals surface area contributed by atoms with Crippen LogP contribution in [0.3, 0.4) is 0 Å². The average Bonchev–Trinajstić information content (AvgIpc) is 2.27. The Hall–Kier alpha value is 0.0500. The van der Waals surface area contributed by atoms with Gasteiger partial charge in [0.05, 0.1) is 0 Å². The highest BCUT2D eigenvalue weighted by molar-refractivity contribution is 7.99. The molecule has 0 radical (unpaired) electrons. The molecule has 1 fully saturated rings.